The van der Waals surface area contributed by atoms with Gasteiger partial charge < -0.3 is 18.8 Å². The highest BCUT2D eigenvalue weighted by atomic mass is 16.5. The summed E-state index contributed by atoms with van der Waals surface area (Å²) in [6, 6.07) is 17.0. The molecule has 6 heteroatoms. The van der Waals surface area contributed by atoms with Crippen LogP contribution in [0.2, 0.25) is 0 Å². The zero-order valence-corrected chi connectivity index (χ0v) is 17.9. The molecule has 0 spiro atoms. The van der Waals surface area contributed by atoms with Crippen molar-refractivity contribution in [2.24, 2.45) is 0 Å². The van der Waals surface area contributed by atoms with Crippen LogP contribution in [0.15, 0.2) is 59.0 Å². The standard InChI is InChI=1S/C25H27NO5/c1-17-9-8-10-18(2)26(17)23(27)16-30-25(28)24-21(15-29-19-11-4-3-5-12-19)20-13-6-7-14-22(20)31-24/h3-7,11-14,17-18H,8-10,15-16H2,1-2H3. The molecule has 4 rings (SSSR count). The summed E-state index contributed by atoms with van der Waals surface area (Å²) in [7, 11) is 0. The van der Waals surface area contributed by atoms with Crippen LogP contribution in [0.1, 0.15) is 49.2 Å². The maximum atomic E-state index is 12.9. The van der Waals surface area contributed by atoms with Crippen LogP contribution in [0.25, 0.3) is 11.0 Å². The number of hydrogen-bond acceptors (Lipinski definition) is 5. The van der Waals surface area contributed by atoms with Crippen LogP contribution in [0.3, 0.4) is 0 Å². The van der Waals surface area contributed by atoms with Crippen molar-refractivity contribution in [3.8, 4) is 5.75 Å². The molecule has 6 nitrogen and oxygen atoms in total. The second-order valence-electron chi connectivity index (χ2n) is 8.01. The number of fused-ring (bicyclic) bond motifs is 1. The number of nitrogens with zero attached hydrogens (tertiary/aromatic N) is 1. The average Bonchev–Trinajstić information content (AvgIpc) is 3.15. The molecule has 1 saturated heterocycles. The number of hydrogen-bond donors (Lipinski definition) is 0. The highest BCUT2D eigenvalue weighted by molar-refractivity contribution is 5.97. The van der Waals surface area contributed by atoms with E-state index in [1.807, 2.05) is 67.3 Å². The second-order valence-corrected chi connectivity index (χ2v) is 8.01. The van der Waals surface area contributed by atoms with E-state index in [0.717, 1.165) is 24.6 Å². The van der Waals surface area contributed by atoms with Crippen molar-refractivity contribution >= 4 is 22.8 Å². The van der Waals surface area contributed by atoms with Gasteiger partial charge in [-0.1, -0.05) is 36.4 Å². The molecule has 1 fully saturated rings. The van der Waals surface area contributed by atoms with Crippen LogP contribution >= 0.6 is 0 Å². The minimum Gasteiger partial charge on any atom is -0.489 e. The summed E-state index contributed by atoms with van der Waals surface area (Å²) in [6.07, 6.45) is 3.04. The molecule has 2 atom stereocenters. The monoisotopic (exact) mass is 421 g/mol. The summed E-state index contributed by atoms with van der Waals surface area (Å²) in [5.74, 6) is -0.0696. The Morgan fingerprint density at radius 1 is 1.00 bits per heavy atom. The number of rotatable bonds is 6. The van der Waals surface area contributed by atoms with Gasteiger partial charge in [0, 0.05) is 17.5 Å². The quantitative estimate of drug-likeness (QED) is 0.526. The number of carbonyl (C=O) groups is 2. The summed E-state index contributed by atoms with van der Waals surface area (Å²) < 4.78 is 17.0. The molecule has 1 amide bonds. The molecule has 0 N–H and O–H groups in total. The Bertz CT molecular complexity index is 1050. The Hall–Kier alpha value is -3.28. The Morgan fingerprint density at radius 2 is 1.68 bits per heavy atom. The third-order valence-electron chi connectivity index (χ3n) is 5.82. The summed E-state index contributed by atoms with van der Waals surface area (Å²) in [4.78, 5) is 27.4. The van der Waals surface area contributed by atoms with Gasteiger partial charge in [0.05, 0.1) is 5.56 Å². The van der Waals surface area contributed by atoms with Gasteiger partial charge in [-0.25, -0.2) is 4.79 Å². The Labute approximate surface area is 181 Å². The molecule has 0 aliphatic carbocycles. The first-order valence-electron chi connectivity index (χ1n) is 10.7. The lowest BCUT2D eigenvalue weighted by Gasteiger charge is -2.38. The van der Waals surface area contributed by atoms with Gasteiger partial charge in [0.15, 0.2) is 6.61 Å². The molecule has 162 valence electrons. The zero-order valence-electron chi connectivity index (χ0n) is 17.9. The largest absolute Gasteiger partial charge is 0.489 e. The van der Waals surface area contributed by atoms with Crippen LogP contribution in [-0.2, 0) is 16.1 Å². The lowest BCUT2D eigenvalue weighted by atomic mass is 9.97. The minimum atomic E-state index is -0.659. The number of ether oxygens (including phenoxy) is 2. The highest BCUT2D eigenvalue weighted by Gasteiger charge is 2.30. The van der Waals surface area contributed by atoms with E-state index in [1.54, 1.807) is 6.07 Å². The summed E-state index contributed by atoms with van der Waals surface area (Å²) >= 11 is 0. The van der Waals surface area contributed by atoms with E-state index in [-0.39, 0.29) is 37.0 Å². The molecule has 0 saturated carbocycles. The van der Waals surface area contributed by atoms with E-state index in [2.05, 4.69) is 0 Å². The lowest BCUT2D eigenvalue weighted by Crippen LogP contribution is -2.49. The first kappa shape index (κ1) is 21.0. The molecule has 0 bridgehead atoms. The van der Waals surface area contributed by atoms with Gasteiger partial charge >= 0.3 is 5.97 Å². The third kappa shape index (κ3) is 4.58. The fourth-order valence-electron chi connectivity index (χ4n) is 4.26. The molecule has 2 heterocycles. The molecular weight excluding hydrogens is 394 g/mol. The Kier molecular flexibility index (Phi) is 6.26. The van der Waals surface area contributed by atoms with E-state index in [0.29, 0.717) is 16.9 Å². The molecular formula is C25H27NO5. The third-order valence-corrected chi connectivity index (χ3v) is 5.82. The predicted molar refractivity (Wildman–Crippen MR) is 117 cm³/mol. The van der Waals surface area contributed by atoms with E-state index < -0.39 is 5.97 Å². The molecule has 0 radical (unpaired) electrons. The maximum absolute atomic E-state index is 12.9. The minimum absolute atomic E-state index is 0.0738. The lowest BCUT2D eigenvalue weighted by molar-refractivity contribution is -0.140. The van der Waals surface area contributed by atoms with Crippen molar-refractivity contribution < 1.29 is 23.5 Å². The van der Waals surface area contributed by atoms with Crippen molar-refractivity contribution in [1.82, 2.24) is 4.90 Å². The average molecular weight is 421 g/mol. The van der Waals surface area contributed by atoms with Crippen LogP contribution in [0, 0.1) is 0 Å². The number of benzene rings is 2. The number of carbonyl (C=O) groups excluding carboxylic acids is 2. The first-order valence-corrected chi connectivity index (χ1v) is 10.7. The van der Waals surface area contributed by atoms with Crippen molar-refractivity contribution in [3.63, 3.8) is 0 Å². The molecule has 3 aromatic rings. The summed E-state index contributed by atoms with van der Waals surface area (Å²) in [6.45, 7) is 3.92. The van der Waals surface area contributed by atoms with Crippen LogP contribution in [0.5, 0.6) is 5.75 Å². The number of furan rings is 1. The SMILES string of the molecule is CC1CCCC(C)N1C(=O)COC(=O)c1oc2ccccc2c1COc1ccccc1. The predicted octanol–water partition coefficient (Wildman–Crippen LogP) is 4.96. The van der Waals surface area contributed by atoms with Crippen molar-refractivity contribution in [2.45, 2.75) is 51.8 Å². The molecule has 31 heavy (non-hydrogen) atoms. The topological polar surface area (TPSA) is 69.0 Å². The van der Waals surface area contributed by atoms with E-state index in [1.165, 1.54) is 0 Å². The van der Waals surface area contributed by atoms with Crippen molar-refractivity contribution in [2.75, 3.05) is 6.61 Å². The molecule has 2 unspecified atom stereocenters. The van der Waals surface area contributed by atoms with Gasteiger partial charge in [0.25, 0.3) is 5.91 Å². The van der Waals surface area contributed by atoms with Crippen molar-refractivity contribution in [3.05, 3.63) is 65.9 Å². The van der Waals surface area contributed by atoms with E-state index >= 15 is 0 Å². The number of para-hydroxylation sites is 2. The molecule has 2 aromatic carbocycles. The van der Waals surface area contributed by atoms with Gasteiger partial charge in [0.2, 0.25) is 5.76 Å². The first-order chi connectivity index (χ1) is 15.0. The number of piperidine rings is 1. The zero-order chi connectivity index (χ0) is 21.8. The van der Waals surface area contributed by atoms with Crippen molar-refractivity contribution in [1.29, 1.82) is 0 Å². The van der Waals surface area contributed by atoms with Gasteiger partial charge in [-0.2, -0.15) is 0 Å². The summed E-state index contributed by atoms with van der Waals surface area (Å²) in [5, 5.41) is 0.787. The van der Waals surface area contributed by atoms with E-state index in [9.17, 15) is 9.59 Å². The van der Waals surface area contributed by atoms with Crippen LogP contribution in [0.4, 0.5) is 0 Å². The van der Waals surface area contributed by atoms with Gasteiger partial charge in [0.1, 0.15) is 17.9 Å². The van der Waals surface area contributed by atoms with Crippen LogP contribution in [-0.4, -0.2) is 35.5 Å². The fraction of sp³-hybridized carbons (Fsp3) is 0.360. The maximum Gasteiger partial charge on any atom is 0.375 e. The highest BCUT2D eigenvalue weighted by Crippen LogP contribution is 2.28. The molecule has 1 aliphatic heterocycles. The summed E-state index contributed by atoms with van der Waals surface area (Å²) in [5.41, 5.74) is 1.18. The van der Waals surface area contributed by atoms with Gasteiger partial charge in [-0.3, -0.25) is 4.79 Å². The molecule has 1 aromatic heterocycles. The van der Waals surface area contributed by atoms with E-state index in [4.69, 9.17) is 13.9 Å². The molecule has 1 aliphatic rings. The second kappa shape index (κ2) is 9.25. The van der Waals surface area contributed by atoms with Gasteiger partial charge in [-0.15, -0.1) is 0 Å². The number of esters is 1. The Balaban J connectivity index is 1.50. The normalized spacial score (nSPS) is 18.7. The number of likely N-dealkylation sites (tertiary alicyclic amines) is 1. The fourth-order valence-corrected chi connectivity index (χ4v) is 4.26. The Morgan fingerprint density at radius 3 is 2.42 bits per heavy atom. The number of amides is 1. The van der Waals surface area contributed by atoms with Crippen LogP contribution < -0.4 is 4.74 Å². The van der Waals surface area contributed by atoms with Gasteiger partial charge in [-0.05, 0) is 51.3 Å². The smallest absolute Gasteiger partial charge is 0.375 e.